The molecule has 7 nitrogen and oxygen atoms in total. The number of hydrogen-bond acceptors (Lipinski definition) is 4. The highest BCUT2D eigenvalue weighted by molar-refractivity contribution is 7.91. The lowest BCUT2D eigenvalue weighted by Gasteiger charge is -2.28. The molecule has 2 heterocycles. The molecule has 0 spiro atoms. The topological polar surface area (TPSA) is 84.3 Å². The minimum atomic E-state index is -3.06. The van der Waals surface area contributed by atoms with Crippen LogP contribution in [0, 0.1) is 6.92 Å². The molecule has 8 heteroatoms. The van der Waals surface area contributed by atoms with Crippen LogP contribution in [-0.2, 0) is 22.9 Å². The number of aromatic nitrogens is 2. The van der Waals surface area contributed by atoms with Crippen molar-refractivity contribution in [3.05, 3.63) is 54.1 Å². The number of amides is 2. The third-order valence-electron chi connectivity index (χ3n) is 4.66. The van der Waals surface area contributed by atoms with Crippen molar-refractivity contribution in [3.8, 4) is 0 Å². The third-order valence-corrected chi connectivity index (χ3v) is 6.41. The first-order chi connectivity index (χ1) is 12.4. The molecule has 1 aliphatic heterocycles. The monoisotopic (exact) mass is 376 g/mol. The molecule has 26 heavy (non-hydrogen) atoms. The predicted octanol–water partition coefficient (Wildman–Crippen LogP) is 1.59. The van der Waals surface area contributed by atoms with Crippen LogP contribution in [0.4, 0.5) is 4.79 Å². The Hall–Kier alpha value is -2.35. The maximum absolute atomic E-state index is 12.8. The predicted molar refractivity (Wildman–Crippen MR) is 99.4 cm³/mol. The quantitative estimate of drug-likeness (QED) is 0.830. The van der Waals surface area contributed by atoms with Crippen LogP contribution in [0.3, 0.4) is 0 Å². The molecule has 1 aromatic heterocycles. The van der Waals surface area contributed by atoms with Gasteiger partial charge in [0.25, 0.3) is 0 Å². The molecule has 1 aliphatic rings. The Morgan fingerprint density at radius 2 is 2.12 bits per heavy atom. The van der Waals surface area contributed by atoms with Gasteiger partial charge < -0.3 is 14.8 Å². The van der Waals surface area contributed by atoms with Gasteiger partial charge in [0.1, 0.15) is 5.82 Å². The molecular weight excluding hydrogens is 352 g/mol. The number of carbonyl (C=O) groups is 1. The van der Waals surface area contributed by atoms with Crippen molar-refractivity contribution in [2.75, 3.05) is 18.1 Å². The Morgan fingerprint density at radius 3 is 2.73 bits per heavy atom. The molecule has 1 atom stereocenters. The maximum atomic E-state index is 12.8. The Bertz CT molecular complexity index is 848. The fraction of sp³-hybridized carbons (Fsp3) is 0.444. The van der Waals surface area contributed by atoms with Gasteiger partial charge in [-0.1, -0.05) is 30.3 Å². The standard InChI is InChI=1S/C18H24N4O3S/c1-15-19-8-10-21(15)11-9-20-18(23)22(13-16-5-3-2-4-6-16)17-7-12-26(24,25)14-17/h2-6,8,10,17H,7,9,11-14H2,1H3,(H,20,23). The van der Waals surface area contributed by atoms with Crippen LogP contribution in [0.15, 0.2) is 42.7 Å². The number of nitrogens with one attached hydrogen (secondary N) is 1. The normalized spacial score (nSPS) is 18.6. The van der Waals surface area contributed by atoms with Crippen molar-refractivity contribution >= 4 is 15.9 Å². The molecule has 0 saturated carbocycles. The van der Waals surface area contributed by atoms with Crippen molar-refractivity contribution in [2.24, 2.45) is 0 Å². The number of hydrogen-bond donors (Lipinski definition) is 1. The molecule has 0 bridgehead atoms. The van der Waals surface area contributed by atoms with E-state index in [0.717, 1.165) is 11.4 Å². The SMILES string of the molecule is Cc1nccn1CCNC(=O)N(Cc1ccccc1)C1CCS(=O)(=O)C1. The van der Waals surface area contributed by atoms with Crippen molar-refractivity contribution < 1.29 is 13.2 Å². The fourth-order valence-corrected chi connectivity index (χ4v) is 4.92. The second-order valence-electron chi connectivity index (χ2n) is 6.57. The summed E-state index contributed by atoms with van der Waals surface area (Å²) in [5.74, 6) is 1.07. The largest absolute Gasteiger partial charge is 0.336 e. The number of imidazole rings is 1. The second-order valence-corrected chi connectivity index (χ2v) is 8.80. The average Bonchev–Trinajstić information content (AvgIpc) is 3.18. The van der Waals surface area contributed by atoms with Gasteiger partial charge in [0, 0.05) is 38.1 Å². The van der Waals surface area contributed by atoms with E-state index in [4.69, 9.17) is 0 Å². The molecule has 1 saturated heterocycles. The summed E-state index contributed by atoms with van der Waals surface area (Å²) >= 11 is 0. The first kappa shape index (κ1) is 18.4. The van der Waals surface area contributed by atoms with E-state index in [-0.39, 0.29) is 23.6 Å². The minimum Gasteiger partial charge on any atom is -0.336 e. The molecule has 0 aliphatic carbocycles. The molecule has 1 fully saturated rings. The van der Waals surface area contributed by atoms with Crippen molar-refractivity contribution in [3.63, 3.8) is 0 Å². The summed E-state index contributed by atoms with van der Waals surface area (Å²) in [6.45, 7) is 3.39. The maximum Gasteiger partial charge on any atom is 0.318 e. The second kappa shape index (κ2) is 7.90. The lowest BCUT2D eigenvalue weighted by molar-refractivity contribution is 0.176. The van der Waals surface area contributed by atoms with Gasteiger partial charge in [-0.2, -0.15) is 0 Å². The molecule has 140 valence electrons. The van der Waals surface area contributed by atoms with Gasteiger partial charge in [-0.15, -0.1) is 0 Å². The molecule has 1 unspecified atom stereocenters. The van der Waals surface area contributed by atoms with Crippen LogP contribution in [0.2, 0.25) is 0 Å². The molecule has 1 aromatic carbocycles. The smallest absolute Gasteiger partial charge is 0.318 e. The van der Waals surface area contributed by atoms with Gasteiger partial charge in [-0.3, -0.25) is 0 Å². The van der Waals surface area contributed by atoms with Crippen molar-refractivity contribution in [2.45, 2.75) is 32.5 Å². The van der Waals surface area contributed by atoms with E-state index < -0.39 is 9.84 Å². The van der Waals surface area contributed by atoms with E-state index in [2.05, 4.69) is 10.3 Å². The lowest BCUT2D eigenvalue weighted by Crippen LogP contribution is -2.47. The summed E-state index contributed by atoms with van der Waals surface area (Å²) in [6.07, 6.45) is 4.08. The van der Waals surface area contributed by atoms with E-state index in [0.29, 0.717) is 26.1 Å². The highest BCUT2D eigenvalue weighted by Crippen LogP contribution is 2.20. The van der Waals surface area contributed by atoms with E-state index in [1.54, 1.807) is 11.1 Å². The summed E-state index contributed by atoms with van der Waals surface area (Å²) in [5.41, 5.74) is 0.984. The minimum absolute atomic E-state index is 0.0356. The van der Waals surface area contributed by atoms with E-state index in [1.807, 2.05) is 48.0 Å². The van der Waals surface area contributed by atoms with Gasteiger partial charge in [0.2, 0.25) is 0 Å². The zero-order valence-corrected chi connectivity index (χ0v) is 15.7. The summed E-state index contributed by atoms with van der Waals surface area (Å²) in [4.78, 5) is 18.6. The van der Waals surface area contributed by atoms with Crippen molar-refractivity contribution in [1.29, 1.82) is 0 Å². The van der Waals surface area contributed by atoms with Gasteiger partial charge in [0.05, 0.1) is 11.5 Å². The van der Waals surface area contributed by atoms with Gasteiger partial charge >= 0.3 is 6.03 Å². The van der Waals surface area contributed by atoms with Crippen LogP contribution < -0.4 is 5.32 Å². The van der Waals surface area contributed by atoms with Gasteiger partial charge in [-0.25, -0.2) is 18.2 Å². The number of urea groups is 1. The molecule has 2 aromatic rings. The average molecular weight is 376 g/mol. The van der Waals surface area contributed by atoms with E-state index in [1.165, 1.54) is 0 Å². The van der Waals surface area contributed by atoms with E-state index >= 15 is 0 Å². The van der Waals surface area contributed by atoms with Crippen LogP contribution in [0.25, 0.3) is 0 Å². The molecule has 1 N–H and O–H groups in total. The lowest BCUT2D eigenvalue weighted by atomic mass is 10.1. The van der Waals surface area contributed by atoms with Gasteiger partial charge in [0.15, 0.2) is 9.84 Å². The molecular formula is C18H24N4O3S. The summed E-state index contributed by atoms with van der Waals surface area (Å²) < 4.78 is 25.7. The summed E-state index contributed by atoms with van der Waals surface area (Å²) in [5, 5.41) is 2.92. The first-order valence-electron chi connectivity index (χ1n) is 8.71. The Labute approximate surface area is 154 Å². The Kier molecular flexibility index (Phi) is 5.61. The molecule has 2 amide bonds. The van der Waals surface area contributed by atoms with Crippen LogP contribution in [-0.4, -0.2) is 53.0 Å². The summed E-state index contributed by atoms with van der Waals surface area (Å²) in [7, 11) is -3.06. The number of aryl methyl sites for hydroxylation is 1. The summed E-state index contributed by atoms with van der Waals surface area (Å²) in [6, 6.07) is 9.12. The number of nitrogens with zero attached hydrogens (tertiary/aromatic N) is 3. The Morgan fingerprint density at radius 1 is 1.35 bits per heavy atom. The molecule has 0 radical (unpaired) electrons. The number of rotatable bonds is 6. The fourth-order valence-electron chi connectivity index (χ4n) is 3.19. The number of carbonyl (C=O) groups excluding carboxylic acids is 1. The van der Waals surface area contributed by atoms with Crippen molar-refractivity contribution in [1.82, 2.24) is 19.8 Å². The Balaban J connectivity index is 1.65. The van der Waals surface area contributed by atoms with E-state index in [9.17, 15) is 13.2 Å². The van der Waals surface area contributed by atoms with Crippen LogP contribution >= 0.6 is 0 Å². The third kappa shape index (κ3) is 4.63. The zero-order valence-electron chi connectivity index (χ0n) is 14.8. The number of sulfone groups is 1. The van der Waals surface area contributed by atoms with Crippen LogP contribution in [0.5, 0.6) is 0 Å². The highest BCUT2D eigenvalue weighted by atomic mass is 32.2. The van der Waals surface area contributed by atoms with Crippen LogP contribution in [0.1, 0.15) is 17.8 Å². The van der Waals surface area contributed by atoms with Gasteiger partial charge in [-0.05, 0) is 18.9 Å². The first-order valence-corrected chi connectivity index (χ1v) is 10.5. The highest BCUT2D eigenvalue weighted by Gasteiger charge is 2.34. The number of benzene rings is 1. The zero-order chi connectivity index (χ0) is 18.6. The molecule has 3 rings (SSSR count).